The highest BCUT2D eigenvalue weighted by Crippen LogP contribution is 2.46. The van der Waals surface area contributed by atoms with E-state index in [4.69, 9.17) is 4.42 Å². The van der Waals surface area contributed by atoms with Crippen molar-refractivity contribution in [1.82, 2.24) is 10.3 Å². The molecule has 2 aromatic heterocycles. The molecule has 3 heterocycles. The molecule has 1 aromatic carbocycles. The molecule has 2 aliphatic rings. The Kier molecular flexibility index (Phi) is 5.61. The first-order valence-corrected chi connectivity index (χ1v) is 11.2. The third-order valence-electron chi connectivity index (χ3n) is 6.36. The third kappa shape index (κ3) is 3.94. The van der Waals surface area contributed by atoms with E-state index in [0.717, 1.165) is 11.5 Å². The van der Waals surface area contributed by atoms with Crippen molar-refractivity contribution in [2.45, 2.75) is 38.5 Å². The van der Waals surface area contributed by atoms with E-state index in [2.05, 4.69) is 15.6 Å². The van der Waals surface area contributed by atoms with Crippen molar-refractivity contribution in [3.05, 3.63) is 106 Å². The van der Waals surface area contributed by atoms with Crippen molar-refractivity contribution >= 4 is 17.5 Å². The number of nitrogens with one attached hydrogen (secondary N) is 2. The van der Waals surface area contributed by atoms with Crippen molar-refractivity contribution in [2.24, 2.45) is 0 Å². The minimum Gasteiger partial charge on any atom is -0.469 e. The van der Waals surface area contributed by atoms with Crippen LogP contribution in [0.2, 0.25) is 0 Å². The molecule has 2 N–H and O–H groups in total. The van der Waals surface area contributed by atoms with Crippen molar-refractivity contribution in [2.75, 3.05) is 5.32 Å². The summed E-state index contributed by atoms with van der Waals surface area (Å²) in [5, 5.41) is 6.11. The number of dihydropyridines is 1. The summed E-state index contributed by atoms with van der Waals surface area (Å²) < 4.78 is 20.6. The van der Waals surface area contributed by atoms with Crippen LogP contribution in [0.3, 0.4) is 0 Å². The first-order valence-electron chi connectivity index (χ1n) is 11.2. The van der Waals surface area contributed by atoms with Crippen molar-refractivity contribution < 1.29 is 18.4 Å². The largest absolute Gasteiger partial charge is 0.469 e. The number of amides is 1. The summed E-state index contributed by atoms with van der Waals surface area (Å²) in [5.41, 5.74) is 3.06. The van der Waals surface area contributed by atoms with Crippen LogP contribution in [-0.2, 0) is 9.59 Å². The SMILES string of the molecule is CC1=C(C(=O)Nc2cccc(C)n2)[C@@H](c2ccccc2F)C2=C(C[C@H](c3ccco3)CC2=O)N1. The maximum absolute atomic E-state index is 15.1. The number of pyridine rings is 1. The fourth-order valence-corrected chi connectivity index (χ4v) is 4.88. The van der Waals surface area contributed by atoms with Gasteiger partial charge in [-0.1, -0.05) is 24.3 Å². The number of benzene rings is 1. The summed E-state index contributed by atoms with van der Waals surface area (Å²) >= 11 is 0. The predicted octanol–water partition coefficient (Wildman–Crippen LogP) is 5.12. The molecule has 0 fully saturated rings. The van der Waals surface area contributed by atoms with E-state index in [0.29, 0.717) is 40.3 Å². The van der Waals surface area contributed by atoms with Crippen LogP contribution in [0.1, 0.15) is 48.6 Å². The van der Waals surface area contributed by atoms with E-state index < -0.39 is 17.6 Å². The molecule has 6 nitrogen and oxygen atoms in total. The molecular formula is C27H24FN3O3. The van der Waals surface area contributed by atoms with Gasteiger partial charge in [0.05, 0.1) is 6.26 Å². The van der Waals surface area contributed by atoms with Gasteiger partial charge in [0.15, 0.2) is 5.78 Å². The molecule has 0 saturated heterocycles. The minimum absolute atomic E-state index is 0.116. The topological polar surface area (TPSA) is 84.2 Å². The molecule has 1 amide bonds. The summed E-state index contributed by atoms with van der Waals surface area (Å²) in [6, 6.07) is 15.3. The number of hydrogen-bond donors (Lipinski definition) is 2. The molecule has 0 spiro atoms. The van der Waals surface area contributed by atoms with Crippen LogP contribution in [0, 0.1) is 12.7 Å². The predicted molar refractivity (Wildman–Crippen MR) is 125 cm³/mol. The molecule has 0 saturated carbocycles. The highest BCUT2D eigenvalue weighted by atomic mass is 19.1. The Morgan fingerprint density at radius 3 is 2.65 bits per heavy atom. The number of rotatable bonds is 4. The number of carbonyl (C=O) groups excluding carboxylic acids is 2. The normalized spacial score (nSPS) is 20.1. The van der Waals surface area contributed by atoms with Crippen LogP contribution in [-0.4, -0.2) is 16.7 Å². The number of aryl methyl sites for hydroxylation is 1. The highest BCUT2D eigenvalue weighted by Gasteiger charge is 2.42. The number of Topliss-reactive ketones (excluding diaryl/α,β-unsaturated/α-hetero) is 1. The monoisotopic (exact) mass is 457 g/mol. The van der Waals surface area contributed by atoms with Crippen LogP contribution in [0.4, 0.5) is 10.2 Å². The minimum atomic E-state index is -0.827. The van der Waals surface area contributed by atoms with E-state index in [9.17, 15) is 9.59 Å². The smallest absolute Gasteiger partial charge is 0.255 e. The van der Waals surface area contributed by atoms with Gasteiger partial charge in [-0.05, 0) is 50.6 Å². The number of halogens is 1. The second-order valence-electron chi connectivity index (χ2n) is 8.67. The summed E-state index contributed by atoms with van der Waals surface area (Å²) in [4.78, 5) is 31.3. The first kappa shape index (κ1) is 21.8. The summed E-state index contributed by atoms with van der Waals surface area (Å²) in [6.07, 6.45) is 2.35. The van der Waals surface area contributed by atoms with Crippen molar-refractivity contribution in [3.8, 4) is 0 Å². The Morgan fingerprint density at radius 1 is 1.09 bits per heavy atom. The lowest BCUT2D eigenvalue weighted by Gasteiger charge is -2.36. The lowest BCUT2D eigenvalue weighted by molar-refractivity contribution is -0.116. The molecule has 2 atom stereocenters. The standard InChI is InChI=1S/C27H24FN3O3/c1-15-7-5-11-23(29-15)31-27(33)24-16(2)30-20-13-17(22-10-6-12-34-22)14-21(32)26(20)25(24)18-8-3-4-9-19(18)28/h3-12,17,25,30H,13-14H2,1-2H3,(H,29,31,33)/t17-,25+/m0/s1. The fraction of sp³-hybridized carbons (Fsp3) is 0.222. The summed E-state index contributed by atoms with van der Waals surface area (Å²) in [6.45, 7) is 3.61. The zero-order chi connectivity index (χ0) is 23.8. The Balaban J connectivity index is 1.58. The zero-order valence-electron chi connectivity index (χ0n) is 18.9. The molecule has 34 heavy (non-hydrogen) atoms. The van der Waals surface area contributed by atoms with E-state index in [1.165, 1.54) is 6.07 Å². The molecule has 5 rings (SSSR count). The van der Waals surface area contributed by atoms with Crippen molar-refractivity contribution in [1.29, 1.82) is 0 Å². The molecule has 3 aromatic rings. The summed E-state index contributed by atoms with van der Waals surface area (Å²) in [7, 11) is 0. The maximum atomic E-state index is 15.1. The van der Waals surface area contributed by atoms with E-state index in [-0.39, 0.29) is 18.1 Å². The summed E-state index contributed by atoms with van der Waals surface area (Å²) in [5.74, 6) is -0.834. The molecule has 0 unspecified atom stereocenters. The van der Waals surface area contributed by atoms with E-state index in [1.54, 1.807) is 49.6 Å². The average molecular weight is 458 g/mol. The zero-order valence-corrected chi connectivity index (χ0v) is 18.9. The Labute approximate surface area is 196 Å². The van der Waals surface area contributed by atoms with Crippen LogP contribution in [0.25, 0.3) is 0 Å². The highest BCUT2D eigenvalue weighted by molar-refractivity contribution is 6.09. The number of hydrogen-bond acceptors (Lipinski definition) is 5. The number of nitrogens with zero attached hydrogens (tertiary/aromatic N) is 1. The van der Waals surface area contributed by atoms with E-state index >= 15 is 4.39 Å². The molecule has 0 radical (unpaired) electrons. The molecular weight excluding hydrogens is 433 g/mol. The van der Waals surface area contributed by atoms with Crippen molar-refractivity contribution in [3.63, 3.8) is 0 Å². The second kappa shape index (κ2) is 8.74. The quantitative estimate of drug-likeness (QED) is 0.568. The van der Waals surface area contributed by atoms with Gasteiger partial charge in [0, 0.05) is 52.1 Å². The molecule has 1 aliphatic carbocycles. The molecule has 0 bridgehead atoms. The van der Waals surface area contributed by atoms with Crippen LogP contribution < -0.4 is 10.6 Å². The molecule has 7 heteroatoms. The maximum Gasteiger partial charge on any atom is 0.255 e. The van der Waals surface area contributed by atoms with Gasteiger partial charge >= 0.3 is 0 Å². The van der Waals surface area contributed by atoms with Gasteiger partial charge in [0.25, 0.3) is 5.91 Å². The van der Waals surface area contributed by atoms with Gasteiger partial charge in [-0.3, -0.25) is 9.59 Å². The van der Waals surface area contributed by atoms with Gasteiger partial charge < -0.3 is 15.1 Å². The third-order valence-corrected chi connectivity index (χ3v) is 6.36. The van der Waals surface area contributed by atoms with Crippen LogP contribution in [0.15, 0.2) is 87.8 Å². The van der Waals surface area contributed by atoms with E-state index in [1.807, 2.05) is 19.1 Å². The Morgan fingerprint density at radius 2 is 1.91 bits per heavy atom. The number of allylic oxidation sites excluding steroid dienone is 3. The molecule has 172 valence electrons. The van der Waals surface area contributed by atoms with Crippen LogP contribution >= 0.6 is 0 Å². The average Bonchev–Trinajstić information content (AvgIpc) is 3.33. The lowest BCUT2D eigenvalue weighted by Crippen LogP contribution is -2.37. The number of furan rings is 1. The number of carbonyl (C=O) groups is 2. The number of anilines is 1. The van der Waals surface area contributed by atoms with Gasteiger partial charge in [0.2, 0.25) is 0 Å². The fourth-order valence-electron chi connectivity index (χ4n) is 4.88. The van der Waals surface area contributed by atoms with Gasteiger partial charge in [-0.15, -0.1) is 0 Å². The Bertz CT molecular complexity index is 1340. The van der Waals surface area contributed by atoms with Gasteiger partial charge in [-0.2, -0.15) is 0 Å². The molecule has 1 aliphatic heterocycles. The number of ketones is 1. The lowest BCUT2D eigenvalue weighted by atomic mass is 9.72. The van der Waals surface area contributed by atoms with Gasteiger partial charge in [0.1, 0.15) is 17.4 Å². The number of aromatic nitrogens is 1. The first-order chi connectivity index (χ1) is 16.4. The van der Waals surface area contributed by atoms with Crippen LogP contribution in [0.5, 0.6) is 0 Å². The van der Waals surface area contributed by atoms with Gasteiger partial charge in [-0.25, -0.2) is 9.37 Å². The Hall–Kier alpha value is -4.00. The second-order valence-corrected chi connectivity index (χ2v) is 8.67.